The minimum Gasteiger partial charge on any atom is -0.346 e. The summed E-state index contributed by atoms with van der Waals surface area (Å²) >= 11 is 6.14. The second-order valence-electron chi connectivity index (χ2n) is 7.60. The molecule has 0 aromatic heterocycles. The van der Waals surface area contributed by atoms with Gasteiger partial charge in [-0.2, -0.15) is 0 Å². The van der Waals surface area contributed by atoms with Crippen molar-refractivity contribution in [2.75, 3.05) is 11.0 Å². The Balaban J connectivity index is 1.82. The molecule has 1 atom stereocenters. The van der Waals surface area contributed by atoms with Crippen LogP contribution in [0.4, 0.5) is 5.69 Å². The average Bonchev–Trinajstić information content (AvgIpc) is 2.74. The van der Waals surface area contributed by atoms with Crippen molar-refractivity contribution < 1.29 is 21.6 Å². The molecule has 3 rings (SSSR count). The minimum atomic E-state index is -4.04. The van der Waals surface area contributed by atoms with E-state index in [4.69, 9.17) is 11.6 Å². The summed E-state index contributed by atoms with van der Waals surface area (Å²) in [6.45, 7) is 3.51. The number of carbonyl (C=O) groups is 1. The maximum atomic E-state index is 12.9. The number of sulfone groups is 1. The van der Waals surface area contributed by atoms with Crippen LogP contribution < -0.4 is 10.0 Å². The number of anilines is 1. The number of hydrogen-bond acceptors (Lipinski definition) is 5. The largest absolute Gasteiger partial charge is 0.346 e. The lowest BCUT2D eigenvalue weighted by molar-refractivity contribution is 0.0939. The van der Waals surface area contributed by atoms with Crippen molar-refractivity contribution in [1.29, 1.82) is 0 Å². The van der Waals surface area contributed by atoms with Crippen LogP contribution >= 0.6 is 11.6 Å². The highest BCUT2D eigenvalue weighted by atomic mass is 35.5. The predicted molar refractivity (Wildman–Crippen MR) is 129 cm³/mol. The van der Waals surface area contributed by atoms with Crippen LogP contribution in [0.15, 0.2) is 76.5 Å². The van der Waals surface area contributed by atoms with Crippen molar-refractivity contribution in [3.63, 3.8) is 0 Å². The van der Waals surface area contributed by atoms with E-state index in [1.54, 1.807) is 50.2 Å². The first-order valence-electron chi connectivity index (χ1n) is 9.87. The quantitative estimate of drug-likeness (QED) is 0.495. The summed E-state index contributed by atoms with van der Waals surface area (Å²) in [5.74, 6) is -0.501. The number of sulfonamides is 1. The number of nitrogens with one attached hydrogen (secondary N) is 2. The van der Waals surface area contributed by atoms with Crippen LogP contribution in [-0.4, -0.2) is 29.0 Å². The number of benzene rings is 3. The Morgan fingerprint density at radius 1 is 0.939 bits per heavy atom. The number of amides is 1. The number of carbonyl (C=O) groups excluding carboxylic acids is 1. The Labute approximate surface area is 198 Å². The molecule has 3 aromatic carbocycles. The molecule has 1 amide bonds. The van der Waals surface area contributed by atoms with Gasteiger partial charge in [-0.05, 0) is 61.4 Å². The van der Waals surface area contributed by atoms with Gasteiger partial charge < -0.3 is 5.32 Å². The predicted octanol–water partition coefficient (Wildman–Crippen LogP) is 4.34. The summed E-state index contributed by atoms with van der Waals surface area (Å²) in [6.07, 6.45) is 1.12. The topological polar surface area (TPSA) is 109 Å². The van der Waals surface area contributed by atoms with Gasteiger partial charge in [0.05, 0.1) is 21.6 Å². The van der Waals surface area contributed by atoms with Gasteiger partial charge in [0.2, 0.25) is 0 Å². The van der Waals surface area contributed by atoms with E-state index in [1.165, 1.54) is 30.3 Å². The Hall–Kier alpha value is -2.88. The molecule has 0 saturated carbocycles. The highest BCUT2D eigenvalue weighted by Gasteiger charge is 2.22. The highest BCUT2D eigenvalue weighted by Crippen LogP contribution is 2.26. The molecule has 3 aromatic rings. The second-order valence-corrected chi connectivity index (χ2v) is 11.7. The van der Waals surface area contributed by atoms with E-state index >= 15 is 0 Å². The van der Waals surface area contributed by atoms with Crippen molar-refractivity contribution in [3.8, 4) is 0 Å². The molecule has 0 aliphatic heterocycles. The fourth-order valence-electron chi connectivity index (χ4n) is 3.10. The van der Waals surface area contributed by atoms with Crippen molar-refractivity contribution in [2.24, 2.45) is 0 Å². The average molecular weight is 507 g/mol. The van der Waals surface area contributed by atoms with Crippen molar-refractivity contribution in [2.45, 2.75) is 29.7 Å². The van der Waals surface area contributed by atoms with Crippen LogP contribution in [0, 0.1) is 6.92 Å². The molecule has 0 bridgehead atoms. The first-order valence-corrected chi connectivity index (χ1v) is 13.6. The van der Waals surface area contributed by atoms with Gasteiger partial charge in [0.15, 0.2) is 9.84 Å². The standard InChI is InChI=1S/C23H23ClN2O5S2/c1-15-6-4-5-7-21(15)26-33(30,31)22-14-18(10-13-20(22)24)23(27)25-16(2)17-8-11-19(12-9-17)32(3,28)29/h4-14,16,26H,1-3H3,(H,25,27). The summed E-state index contributed by atoms with van der Waals surface area (Å²) < 4.78 is 51.6. The molecule has 33 heavy (non-hydrogen) atoms. The molecule has 0 spiro atoms. The zero-order valence-electron chi connectivity index (χ0n) is 18.2. The van der Waals surface area contributed by atoms with E-state index in [2.05, 4.69) is 10.0 Å². The molecule has 174 valence electrons. The van der Waals surface area contributed by atoms with Crippen LogP contribution in [0.1, 0.15) is 34.5 Å². The van der Waals surface area contributed by atoms with E-state index in [0.29, 0.717) is 11.3 Å². The molecular weight excluding hydrogens is 484 g/mol. The number of rotatable bonds is 7. The number of hydrogen-bond donors (Lipinski definition) is 2. The van der Waals surface area contributed by atoms with E-state index in [0.717, 1.165) is 11.8 Å². The fraction of sp³-hybridized carbons (Fsp3) is 0.174. The zero-order chi connectivity index (χ0) is 24.4. The van der Waals surface area contributed by atoms with Crippen LogP contribution in [0.3, 0.4) is 0 Å². The molecule has 1 unspecified atom stereocenters. The molecule has 7 nitrogen and oxygen atoms in total. The van der Waals surface area contributed by atoms with E-state index in [1.807, 2.05) is 0 Å². The van der Waals surface area contributed by atoms with Crippen LogP contribution in [0.25, 0.3) is 0 Å². The Morgan fingerprint density at radius 2 is 1.58 bits per heavy atom. The lowest BCUT2D eigenvalue weighted by Gasteiger charge is -2.16. The maximum Gasteiger partial charge on any atom is 0.263 e. The second kappa shape index (κ2) is 9.54. The zero-order valence-corrected chi connectivity index (χ0v) is 20.6. The lowest BCUT2D eigenvalue weighted by atomic mass is 10.1. The lowest BCUT2D eigenvalue weighted by Crippen LogP contribution is -2.27. The normalized spacial score (nSPS) is 12.7. The highest BCUT2D eigenvalue weighted by molar-refractivity contribution is 7.92. The van der Waals surface area contributed by atoms with Gasteiger partial charge in [-0.25, -0.2) is 16.8 Å². The molecule has 0 heterocycles. The summed E-state index contributed by atoms with van der Waals surface area (Å²) in [6, 6.07) is 16.6. The first kappa shape index (κ1) is 24.8. The summed E-state index contributed by atoms with van der Waals surface area (Å²) in [7, 11) is -7.36. The Kier molecular flexibility index (Phi) is 7.16. The summed E-state index contributed by atoms with van der Waals surface area (Å²) in [5, 5.41) is 2.76. The molecule has 0 aliphatic rings. The van der Waals surface area contributed by atoms with Gasteiger partial charge in [0, 0.05) is 11.8 Å². The minimum absolute atomic E-state index is 0.0166. The summed E-state index contributed by atoms with van der Waals surface area (Å²) in [4.78, 5) is 12.8. The Morgan fingerprint density at radius 3 is 2.18 bits per heavy atom. The van der Waals surface area contributed by atoms with Crippen LogP contribution in [0.5, 0.6) is 0 Å². The van der Waals surface area contributed by atoms with Crippen molar-refractivity contribution >= 4 is 43.1 Å². The third-order valence-electron chi connectivity index (χ3n) is 5.03. The van der Waals surface area contributed by atoms with Gasteiger partial charge in [-0.1, -0.05) is 41.9 Å². The SMILES string of the molecule is Cc1ccccc1NS(=O)(=O)c1cc(C(=O)NC(C)c2ccc(S(C)(=O)=O)cc2)ccc1Cl. The molecule has 0 aliphatic carbocycles. The molecule has 0 radical (unpaired) electrons. The maximum absolute atomic E-state index is 12.9. The molecule has 2 N–H and O–H groups in total. The van der Waals surface area contributed by atoms with Gasteiger partial charge in [-0.15, -0.1) is 0 Å². The van der Waals surface area contributed by atoms with E-state index < -0.39 is 31.8 Å². The van der Waals surface area contributed by atoms with E-state index in [-0.39, 0.29) is 20.4 Å². The number of halogens is 1. The summed E-state index contributed by atoms with van der Waals surface area (Å²) in [5.41, 5.74) is 1.96. The molecule has 10 heteroatoms. The smallest absolute Gasteiger partial charge is 0.263 e. The first-order chi connectivity index (χ1) is 15.4. The van der Waals surface area contributed by atoms with Crippen LogP contribution in [-0.2, 0) is 19.9 Å². The van der Waals surface area contributed by atoms with E-state index in [9.17, 15) is 21.6 Å². The Bertz CT molecular complexity index is 1400. The molecule has 0 saturated heterocycles. The molecule has 0 fully saturated rings. The fourth-order valence-corrected chi connectivity index (χ4v) is 5.39. The number of para-hydroxylation sites is 1. The monoisotopic (exact) mass is 506 g/mol. The van der Waals surface area contributed by atoms with Crippen LogP contribution in [0.2, 0.25) is 5.02 Å². The van der Waals surface area contributed by atoms with Gasteiger partial charge in [0.1, 0.15) is 4.90 Å². The third kappa shape index (κ3) is 5.93. The molecular formula is C23H23ClN2O5S2. The number of aryl methyl sites for hydroxylation is 1. The van der Waals surface area contributed by atoms with Crippen molar-refractivity contribution in [3.05, 3.63) is 88.4 Å². The van der Waals surface area contributed by atoms with Crippen molar-refractivity contribution in [1.82, 2.24) is 5.32 Å². The van der Waals surface area contributed by atoms with Gasteiger partial charge in [0.25, 0.3) is 15.9 Å². The van der Waals surface area contributed by atoms with Gasteiger partial charge >= 0.3 is 0 Å². The van der Waals surface area contributed by atoms with Gasteiger partial charge in [-0.3, -0.25) is 9.52 Å². The third-order valence-corrected chi connectivity index (χ3v) is 8.00.